The molecule has 40 heavy (non-hydrogen) atoms. The van der Waals surface area contributed by atoms with Gasteiger partial charge in [-0.2, -0.15) is 0 Å². The molecule has 2 atom stereocenters. The minimum Gasteiger partial charge on any atom is -0.507 e. The molecule has 1 saturated heterocycles. The molecule has 5 rings (SSSR count). The summed E-state index contributed by atoms with van der Waals surface area (Å²) in [4.78, 5) is 28.5. The van der Waals surface area contributed by atoms with Gasteiger partial charge in [0.1, 0.15) is 17.6 Å². The van der Waals surface area contributed by atoms with Gasteiger partial charge in [0.2, 0.25) is 0 Å². The SMILES string of the molecule is COc1cc([C@@H]2/C(=C(\O)c3ccc4c(c3)C[C@H](C)O4)C(=O)C(=O)N2Cc2ccccc2)ccc1OCCC(C)C. The van der Waals surface area contributed by atoms with Crippen molar-refractivity contribution in [1.29, 1.82) is 0 Å². The smallest absolute Gasteiger partial charge is 0.295 e. The average molecular weight is 542 g/mol. The molecule has 3 aromatic carbocycles. The van der Waals surface area contributed by atoms with E-state index in [0.29, 0.717) is 41.6 Å². The molecule has 1 N–H and O–H groups in total. The molecule has 1 amide bonds. The van der Waals surface area contributed by atoms with Crippen LogP contribution in [0.5, 0.6) is 17.2 Å². The number of aliphatic hydroxyl groups is 1. The highest BCUT2D eigenvalue weighted by Crippen LogP contribution is 2.43. The van der Waals surface area contributed by atoms with Crippen molar-refractivity contribution in [2.24, 2.45) is 5.92 Å². The fraction of sp³-hybridized carbons (Fsp3) is 0.333. The van der Waals surface area contributed by atoms with Gasteiger partial charge in [0.25, 0.3) is 11.7 Å². The van der Waals surface area contributed by atoms with Crippen molar-refractivity contribution < 1.29 is 28.9 Å². The van der Waals surface area contributed by atoms with Crippen LogP contribution in [0.3, 0.4) is 0 Å². The Kier molecular flexibility index (Phi) is 7.83. The first-order valence-corrected chi connectivity index (χ1v) is 13.7. The summed E-state index contributed by atoms with van der Waals surface area (Å²) >= 11 is 0. The van der Waals surface area contributed by atoms with Gasteiger partial charge in [-0.15, -0.1) is 0 Å². The maximum atomic E-state index is 13.5. The van der Waals surface area contributed by atoms with Crippen molar-refractivity contribution in [1.82, 2.24) is 4.90 Å². The van der Waals surface area contributed by atoms with E-state index in [0.717, 1.165) is 23.3 Å². The molecule has 0 unspecified atom stereocenters. The van der Waals surface area contributed by atoms with Gasteiger partial charge in [-0.05, 0) is 66.3 Å². The third kappa shape index (κ3) is 5.41. The van der Waals surface area contributed by atoms with Crippen LogP contribution >= 0.6 is 0 Å². The zero-order chi connectivity index (χ0) is 28.4. The number of carbonyl (C=O) groups is 2. The monoisotopic (exact) mass is 541 g/mol. The molecule has 1 fully saturated rings. The molecule has 7 heteroatoms. The summed E-state index contributed by atoms with van der Waals surface area (Å²) in [6, 6.07) is 19.4. The molecule has 2 aliphatic heterocycles. The molecule has 0 saturated carbocycles. The number of ketones is 1. The Morgan fingerprint density at radius 3 is 2.55 bits per heavy atom. The first-order chi connectivity index (χ1) is 19.3. The Labute approximate surface area is 235 Å². The van der Waals surface area contributed by atoms with Crippen LogP contribution < -0.4 is 14.2 Å². The Morgan fingerprint density at radius 1 is 1.05 bits per heavy atom. The number of fused-ring (bicyclic) bond motifs is 1. The summed E-state index contributed by atoms with van der Waals surface area (Å²) in [5, 5.41) is 11.6. The number of aliphatic hydroxyl groups excluding tert-OH is 1. The maximum Gasteiger partial charge on any atom is 0.295 e. The van der Waals surface area contributed by atoms with Gasteiger partial charge in [-0.1, -0.05) is 50.2 Å². The van der Waals surface area contributed by atoms with Crippen molar-refractivity contribution in [2.75, 3.05) is 13.7 Å². The lowest BCUT2D eigenvalue weighted by Gasteiger charge is -2.26. The average Bonchev–Trinajstić information content (AvgIpc) is 3.44. The fourth-order valence-electron chi connectivity index (χ4n) is 5.27. The number of methoxy groups -OCH3 is 1. The Morgan fingerprint density at radius 2 is 1.82 bits per heavy atom. The molecular weight excluding hydrogens is 506 g/mol. The third-order valence-corrected chi connectivity index (χ3v) is 7.36. The highest BCUT2D eigenvalue weighted by atomic mass is 16.5. The highest BCUT2D eigenvalue weighted by Gasteiger charge is 2.46. The third-order valence-electron chi connectivity index (χ3n) is 7.36. The zero-order valence-corrected chi connectivity index (χ0v) is 23.3. The van der Waals surface area contributed by atoms with Gasteiger partial charge in [0.15, 0.2) is 11.5 Å². The molecule has 7 nitrogen and oxygen atoms in total. The standard InChI is InChI=1S/C33H35NO6/c1-20(2)14-15-39-27-13-10-23(18-28(27)38-4)30-29(31(35)24-11-12-26-25(17-24)16-21(3)40-26)32(36)33(37)34(30)19-22-8-6-5-7-9-22/h5-13,17-18,20-21,30,35H,14-16,19H2,1-4H3/b31-29+/t21-,30+/m0/s1. The predicted molar refractivity (Wildman–Crippen MR) is 152 cm³/mol. The summed E-state index contributed by atoms with van der Waals surface area (Å²) in [7, 11) is 1.56. The van der Waals surface area contributed by atoms with Gasteiger partial charge >= 0.3 is 0 Å². The molecule has 0 aliphatic carbocycles. The Balaban J connectivity index is 1.59. The van der Waals surface area contributed by atoms with Gasteiger partial charge in [0.05, 0.1) is 25.3 Å². The number of rotatable bonds is 9. The normalized spacial score (nSPS) is 19.6. The van der Waals surface area contributed by atoms with Crippen LogP contribution in [0.25, 0.3) is 5.76 Å². The maximum absolute atomic E-state index is 13.5. The van der Waals surface area contributed by atoms with Gasteiger partial charge in [-0.3, -0.25) is 9.59 Å². The van der Waals surface area contributed by atoms with Crippen LogP contribution in [0.4, 0.5) is 0 Å². The van der Waals surface area contributed by atoms with E-state index in [9.17, 15) is 14.7 Å². The first kappa shape index (κ1) is 27.3. The van der Waals surface area contributed by atoms with Gasteiger partial charge in [0, 0.05) is 18.5 Å². The minimum absolute atomic E-state index is 0.0394. The van der Waals surface area contributed by atoms with E-state index in [1.165, 1.54) is 4.90 Å². The summed E-state index contributed by atoms with van der Waals surface area (Å²) in [6.45, 7) is 7.00. The van der Waals surface area contributed by atoms with Crippen LogP contribution in [0.2, 0.25) is 0 Å². The lowest BCUT2D eigenvalue weighted by atomic mass is 9.94. The quantitative estimate of drug-likeness (QED) is 0.201. The largest absolute Gasteiger partial charge is 0.507 e. The van der Waals surface area contributed by atoms with Crippen LogP contribution in [-0.4, -0.2) is 41.5 Å². The minimum atomic E-state index is -0.817. The van der Waals surface area contributed by atoms with E-state index in [2.05, 4.69) is 13.8 Å². The lowest BCUT2D eigenvalue weighted by Crippen LogP contribution is -2.29. The van der Waals surface area contributed by atoms with E-state index in [1.54, 1.807) is 31.4 Å². The second-order valence-corrected chi connectivity index (χ2v) is 10.8. The van der Waals surface area contributed by atoms with Gasteiger partial charge < -0.3 is 24.2 Å². The van der Waals surface area contributed by atoms with Gasteiger partial charge in [-0.25, -0.2) is 0 Å². The Hall–Kier alpha value is -4.26. The van der Waals surface area contributed by atoms with Crippen molar-refractivity contribution in [3.63, 3.8) is 0 Å². The van der Waals surface area contributed by atoms with Crippen LogP contribution in [0.1, 0.15) is 55.5 Å². The van der Waals surface area contributed by atoms with Crippen LogP contribution in [0, 0.1) is 5.92 Å². The van der Waals surface area contributed by atoms with Crippen molar-refractivity contribution in [2.45, 2.75) is 52.3 Å². The number of Topliss-reactive ketones (excluding diaryl/α,β-unsaturated/α-hetero) is 1. The molecule has 0 bridgehead atoms. The number of ether oxygens (including phenoxy) is 3. The molecule has 2 heterocycles. The summed E-state index contributed by atoms with van der Waals surface area (Å²) in [6.07, 6.45) is 1.64. The van der Waals surface area contributed by atoms with Crippen molar-refractivity contribution in [3.05, 3.63) is 94.6 Å². The van der Waals surface area contributed by atoms with E-state index in [4.69, 9.17) is 14.2 Å². The van der Waals surface area contributed by atoms with E-state index in [1.807, 2.05) is 49.4 Å². The zero-order valence-electron chi connectivity index (χ0n) is 23.3. The fourth-order valence-corrected chi connectivity index (χ4v) is 5.27. The number of nitrogens with zero attached hydrogens (tertiary/aromatic N) is 1. The van der Waals surface area contributed by atoms with E-state index in [-0.39, 0.29) is 24.0 Å². The highest BCUT2D eigenvalue weighted by molar-refractivity contribution is 6.46. The van der Waals surface area contributed by atoms with Crippen LogP contribution in [0.15, 0.2) is 72.3 Å². The summed E-state index contributed by atoms with van der Waals surface area (Å²) in [5.41, 5.74) is 2.99. The predicted octanol–water partition coefficient (Wildman–Crippen LogP) is 6.07. The molecule has 0 radical (unpaired) electrons. The van der Waals surface area contributed by atoms with Crippen LogP contribution in [-0.2, 0) is 22.6 Å². The number of carbonyl (C=O) groups excluding carboxylic acids is 2. The summed E-state index contributed by atoms with van der Waals surface area (Å²) in [5.74, 6) is 0.747. The van der Waals surface area contributed by atoms with Crippen molar-refractivity contribution in [3.8, 4) is 17.2 Å². The van der Waals surface area contributed by atoms with E-state index < -0.39 is 17.7 Å². The lowest BCUT2D eigenvalue weighted by molar-refractivity contribution is -0.140. The molecular formula is C33H35NO6. The molecule has 208 valence electrons. The second-order valence-electron chi connectivity index (χ2n) is 10.8. The molecule has 3 aromatic rings. The number of hydrogen-bond donors (Lipinski definition) is 1. The van der Waals surface area contributed by atoms with E-state index >= 15 is 0 Å². The number of hydrogen-bond acceptors (Lipinski definition) is 6. The first-order valence-electron chi connectivity index (χ1n) is 13.7. The second kappa shape index (κ2) is 11.5. The number of benzene rings is 3. The molecule has 2 aliphatic rings. The number of amides is 1. The molecule has 0 aromatic heterocycles. The Bertz CT molecular complexity index is 1440. The number of likely N-dealkylation sites (tertiary alicyclic amines) is 1. The topological polar surface area (TPSA) is 85.3 Å². The summed E-state index contributed by atoms with van der Waals surface area (Å²) < 4.78 is 17.4. The molecule has 0 spiro atoms. The van der Waals surface area contributed by atoms with Crippen molar-refractivity contribution >= 4 is 17.4 Å².